The smallest absolute Gasteiger partial charge is 0.257 e. The molecule has 5 nitrogen and oxygen atoms in total. The van der Waals surface area contributed by atoms with E-state index in [0.717, 1.165) is 6.42 Å². The number of aromatic nitrogens is 1. The fraction of sp³-hybridized carbons (Fsp3) is 0.227. The topological polar surface area (TPSA) is 71.1 Å². The molecule has 28 heavy (non-hydrogen) atoms. The lowest BCUT2D eigenvalue weighted by Gasteiger charge is -2.12. The molecule has 0 saturated carbocycles. The predicted molar refractivity (Wildman–Crippen MR) is 113 cm³/mol. The van der Waals surface area contributed by atoms with Gasteiger partial charge < -0.3 is 5.32 Å². The number of carbonyl (C=O) groups is 2. The maximum Gasteiger partial charge on any atom is 0.257 e. The summed E-state index contributed by atoms with van der Waals surface area (Å²) in [4.78, 5) is 28.6. The highest BCUT2D eigenvalue weighted by Gasteiger charge is 2.11. The molecule has 3 rings (SSSR count). The zero-order valence-corrected chi connectivity index (χ0v) is 16.5. The molecule has 1 unspecified atom stereocenters. The largest absolute Gasteiger partial charge is 0.356 e. The van der Waals surface area contributed by atoms with E-state index < -0.39 is 0 Å². The lowest BCUT2D eigenvalue weighted by Crippen LogP contribution is -2.27. The highest BCUT2D eigenvalue weighted by molar-refractivity contribution is 7.14. The Kier molecular flexibility index (Phi) is 6.92. The van der Waals surface area contributed by atoms with Crippen LogP contribution in [0.4, 0.5) is 5.13 Å². The molecule has 0 spiro atoms. The van der Waals surface area contributed by atoms with Crippen molar-refractivity contribution in [2.45, 2.75) is 25.7 Å². The van der Waals surface area contributed by atoms with Gasteiger partial charge in [0.2, 0.25) is 5.91 Å². The molecule has 0 aliphatic rings. The molecule has 1 heterocycles. The van der Waals surface area contributed by atoms with E-state index in [2.05, 4.69) is 34.7 Å². The second-order valence-corrected chi connectivity index (χ2v) is 7.45. The maximum atomic E-state index is 12.1. The van der Waals surface area contributed by atoms with Crippen molar-refractivity contribution >= 4 is 28.3 Å². The molecule has 2 amide bonds. The van der Waals surface area contributed by atoms with Crippen LogP contribution in [0.25, 0.3) is 0 Å². The first-order valence-electron chi connectivity index (χ1n) is 9.24. The van der Waals surface area contributed by atoms with Gasteiger partial charge in [0.25, 0.3) is 5.91 Å². The number of nitrogens with zero attached hydrogens (tertiary/aromatic N) is 1. The third-order valence-electron chi connectivity index (χ3n) is 4.42. The predicted octanol–water partition coefficient (Wildman–Crippen LogP) is 4.25. The van der Waals surface area contributed by atoms with Gasteiger partial charge in [-0.3, -0.25) is 14.9 Å². The fourth-order valence-corrected chi connectivity index (χ4v) is 3.51. The Labute approximate surface area is 168 Å². The van der Waals surface area contributed by atoms with Crippen LogP contribution < -0.4 is 10.6 Å². The summed E-state index contributed by atoms with van der Waals surface area (Å²) in [5.74, 6) is 0.118. The number of carbonyl (C=O) groups excluding carboxylic acids is 2. The monoisotopic (exact) mass is 393 g/mol. The Bertz CT molecular complexity index is 910. The van der Waals surface area contributed by atoms with E-state index in [4.69, 9.17) is 0 Å². The Balaban J connectivity index is 1.43. The summed E-state index contributed by atoms with van der Waals surface area (Å²) in [7, 11) is 0. The molecule has 3 aromatic rings. The molecule has 0 aliphatic carbocycles. The van der Waals surface area contributed by atoms with Gasteiger partial charge in [0.1, 0.15) is 0 Å². The van der Waals surface area contributed by atoms with Crippen molar-refractivity contribution in [3.05, 3.63) is 82.9 Å². The van der Waals surface area contributed by atoms with Crippen molar-refractivity contribution in [1.82, 2.24) is 10.3 Å². The van der Waals surface area contributed by atoms with Crippen molar-refractivity contribution in [2.75, 3.05) is 11.9 Å². The van der Waals surface area contributed by atoms with Gasteiger partial charge >= 0.3 is 0 Å². The third kappa shape index (κ3) is 5.76. The molecule has 6 heteroatoms. The maximum absolute atomic E-state index is 12.1. The van der Waals surface area contributed by atoms with Crippen LogP contribution in [0.2, 0.25) is 0 Å². The van der Waals surface area contributed by atoms with Gasteiger partial charge in [-0.2, -0.15) is 0 Å². The van der Waals surface area contributed by atoms with Gasteiger partial charge in [0, 0.05) is 17.5 Å². The summed E-state index contributed by atoms with van der Waals surface area (Å²) in [5.41, 5.74) is 2.50. The van der Waals surface area contributed by atoms with Crippen LogP contribution in [0, 0.1) is 0 Å². The summed E-state index contributed by atoms with van der Waals surface area (Å²) in [6.45, 7) is 2.78. The zero-order chi connectivity index (χ0) is 19.8. The summed E-state index contributed by atoms with van der Waals surface area (Å²) in [6.07, 6.45) is 1.09. The summed E-state index contributed by atoms with van der Waals surface area (Å²) >= 11 is 1.32. The van der Waals surface area contributed by atoms with Crippen LogP contribution in [0.1, 0.15) is 40.9 Å². The SMILES string of the molecule is CC(CCNC(=O)Cc1csc(NC(=O)c2ccccc2)n1)c1ccccc1. The van der Waals surface area contributed by atoms with E-state index in [-0.39, 0.29) is 18.2 Å². The van der Waals surface area contributed by atoms with Crippen LogP contribution in [0.3, 0.4) is 0 Å². The highest BCUT2D eigenvalue weighted by atomic mass is 32.1. The lowest BCUT2D eigenvalue weighted by molar-refractivity contribution is -0.120. The molecule has 0 aliphatic heterocycles. The van der Waals surface area contributed by atoms with Crippen molar-refractivity contribution < 1.29 is 9.59 Å². The van der Waals surface area contributed by atoms with Gasteiger partial charge in [0.05, 0.1) is 12.1 Å². The van der Waals surface area contributed by atoms with E-state index in [0.29, 0.717) is 28.9 Å². The Morgan fingerprint density at radius 3 is 2.43 bits per heavy atom. The van der Waals surface area contributed by atoms with E-state index in [1.54, 1.807) is 17.5 Å². The molecule has 1 aromatic heterocycles. The summed E-state index contributed by atoms with van der Waals surface area (Å²) in [6, 6.07) is 19.2. The van der Waals surface area contributed by atoms with Crippen molar-refractivity contribution in [3.63, 3.8) is 0 Å². The Morgan fingerprint density at radius 2 is 1.71 bits per heavy atom. The highest BCUT2D eigenvalue weighted by Crippen LogP contribution is 2.18. The van der Waals surface area contributed by atoms with Crippen molar-refractivity contribution in [3.8, 4) is 0 Å². The minimum absolute atomic E-state index is 0.0634. The van der Waals surface area contributed by atoms with Gasteiger partial charge in [-0.05, 0) is 30.0 Å². The van der Waals surface area contributed by atoms with Crippen LogP contribution in [-0.2, 0) is 11.2 Å². The molecular weight excluding hydrogens is 370 g/mol. The first-order chi connectivity index (χ1) is 13.6. The average Bonchev–Trinajstić information content (AvgIpc) is 3.15. The number of anilines is 1. The zero-order valence-electron chi connectivity index (χ0n) is 15.7. The lowest BCUT2D eigenvalue weighted by atomic mass is 9.98. The van der Waals surface area contributed by atoms with Gasteiger partial charge in [-0.25, -0.2) is 4.98 Å². The number of hydrogen-bond acceptors (Lipinski definition) is 4. The van der Waals surface area contributed by atoms with E-state index in [9.17, 15) is 9.59 Å². The standard InChI is InChI=1S/C22H23N3O2S/c1-16(17-8-4-2-5-9-17)12-13-23-20(26)14-19-15-28-22(24-19)25-21(27)18-10-6-3-7-11-18/h2-11,15-16H,12-14H2,1H3,(H,23,26)(H,24,25,27). The fourth-order valence-electron chi connectivity index (χ4n) is 2.81. The van der Waals surface area contributed by atoms with Crippen molar-refractivity contribution in [2.24, 2.45) is 0 Å². The Hall–Kier alpha value is -2.99. The van der Waals surface area contributed by atoms with Gasteiger partial charge in [0.15, 0.2) is 5.13 Å². The second-order valence-electron chi connectivity index (χ2n) is 6.59. The van der Waals surface area contributed by atoms with E-state index in [1.165, 1.54) is 16.9 Å². The molecule has 2 N–H and O–H groups in total. The Morgan fingerprint density at radius 1 is 1.04 bits per heavy atom. The van der Waals surface area contributed by atoms with Crippen LogP contribution in [0.5, 0.6) is 0 Å². The first-order valence-corrected chi connectivity index (χ1v) is 10.1. The molecule has 144 valence electrons. The molecule has 0 fully saturated rings. The summed E-state index contributed by atoms with van der Waals surface area (Å²) < 4.78 is 0. The molecule has 0 saturated heterocycles. The normalized spacial score (nSPS) is 11.6. The molecular formula is C22H23N3O2S. The van der Waals surface area contributed by atoms with Gasteiger partial charge in [-0.1, -0.05) is 55.5 Å². The van der Waals surface area contributed by atoms with Crippen molar-refractivity contribution in [1.29, 1.82) is 0 Å². The van der Waals surface area contributed by atoms with E-state index >= 15 is 0 Å². The van der Waals surface area contributed by atoms with Gasteiger partial charge in [-0.15, -0.1) is 11.3 Å². The number of benzene rings is 2. The number of hydrogen-bond donors (Lipinski definition) is 2. The minimum atomic E-state index is -0.208. The first kappa shape index (κ1) is 19.8. The second kappa shape index (κ2) is 9.80. The molecule has 2 aromatic carbocycles. The van der Waals surface area contributed by atoms with Crippen LogP contribution >= 0.6 is 11.3 Å². The summed E-state index contributed by atoms with van der Waals surface area (Å²) in [5, 5.41) is 8.00. The minimum Gasteiger partial charge on any atom is -0.356 e. The third-order valence-corrected chi connectivity index (χ3v) is 5.22. The number of amides is 2. The van der Waals surface area contributed by atoms with Crippen LogP contribution in [-0.4, -0.2) is 23.3 Å². The number of nitrogens with one attached hydrogen (secondary N) is 2. The number of rotatable bonds is 8. The van der Waals surface area contributed by atoms with Crippen LogP contribution in [0.15, 0.2) is 66.0 Å². The molecule has 1 atom stereocenters. The molecule has 0 bridgehead atoms. The van der Waals surface area contributed by atoms with E-state index in [1.807, 2.05) is 36.4 Å². The quantitative estimate of drug-likeness (QED) is 0.601. The number of thiazole rings is 1. The molecule has 0 radical (unpaired) electrons. The average molecular weight is 394 g/mol.